The van der Waals surface area contributed by atoms with Crippen molar-refractivity contribution in [1.82, 2.24) is 10.3 Å². The molecule has 0 bridgehead atoms. The quantitative estimate of drug-likeness (QED) is 0.484. The first-order valence-corrected chi connectivity index (χ1v) is 7.87. The molecule has 0 spiro atoms. The molecule has 0 radical (unpaired) electrons. The Hall–Kier alpha value is -2.61. The molecule has 0 aliphatic carbocycles. The topological polar surface area (TPSA) is 118 Å². The molecular weight excluding hydrogens is 326 g/mol. The number of hydrogen-bond donors (Lipinski definition) is 2. The van der Waals surface area contributed by atoms with Crippen molar-refractivity contribution in [3.63, 3.8) is 0 Å². The summed E-state index contributed by atoms with van der Waals surface area (Å²) in [6.07, 6.45) is 0.835. The minimum absolute atomic E-state index is 0.0319. The Balaban J connectivity index is 2.86. The number of ether oxygens (including phenoxy) is 2. The molecule has 0 saturated heterocycles. The van der Waals surface area contributed by atoms with Gasteiger partial charge in [-0.1, -0.05) is 6.07 Å². The third-order valence-electron chi connectivity index (χ3n) is 3.22. The minimum atomic E-state index is -1.01. The van der Waals surface area contributed by atoms with Gasteiger partial charge in [0.2, 0.25) is 0 Å². The van der Waals surface area contributed by atoms with Crippen LogP contribution >= 0.6 is 0 Å². The van der Waals surface area contributed by atoms with E-state index in [1.165, 1.54) is 13.3 Å². The number of rotatable bonds is 10. The van der Waals surface area contributed by atoms with Crippen molar-refractivity contribution in [1.29, 1.82) is 5.41 Å². The molecule has 1 heterocycles. The molecular formula is C17H23N3O5. The molecule has 2 atom stereocenters. The molecule has 0 saturated carbocycles. The lowest BCUT2D eigenvalue weighted by atomic mass is 10.1. The Morgan fingerprint density at radius 3 is 2.56 bits per heavy atom. The van der Waals surface area contributed by atoms with Crippen LogP contribution in [0, 0.1) is 5.41 Å². The molecule has 8 nitrogen and oxygen atoms in total. The van der Waals surface area contributed by atoms with E-state index in [4.69, 9.17) is 14.9 Å². The third kappa shape index (κ3) is 6.80. The van der Waals surface area contributed by atoms with Crippen molar-refractivity contribution in [3.05, 3.63) is 30.1 Å². The van der Waals surface area contributed by atoms with Crippen LogP contribution in [0.1, 0.15) is 38.5 Å². The normalized spacial score (nSPS) is 13.0. The average molecular weight is 349 g/mol. The zero-order valence-corrected chi connectivity index (χ0v) is 14.5. The van der Waals surface area contributed by atoms with Crippen molar-refractivity contribution in [3.8, 4) is 0 Å². The summed E-state index contributed by atoms with van der Waals surface area (Å²) < 4.78 is 10.3. The van der Waals surface area contributed by atoms with E-state index in [0.717, 1.165) is 0 Å². The summed E-state index contributed by atoms with van der Waals surface area (Å²) in [5, 5.41) is 9.46. The van der Waals surface area contributed by atoms with Crippen LogP contribution in [-0.2, 0) is 23.9 Å². The number of ketones is 1. The molecule has 25 heavy (non-hydrogen) atoms. The summed E-state index contributed by atoms with van der Waals surface area (Å²) in [6, 6.07) is 4.04. The first kappa shape index (κ1) is 20.4. The maximum absolute atomic E-state index is 12.5. The first-order valence-electron chi connectivity index (χ1n) is 7.87. The molecule has 2 N–H and O–H groups in total. The van der Waals surface area contributed by atoms with Crippen LogP contribution in [0.15, 0.2) is 24.4 Å². The average Bonchev–Trinajstić information content (AvgIpc) is 2.59. The van der Waals surface area contributed by atoms with E-state index in [1.54, 1.807) is 32.0 Å². The summed E-state index contributed by atoms with van der Waals surface area (Å²) in [7, 11) is 1.36. The predicted molar refractivity (Wildman–Crippen MR) is 90.2 cm³/mol. The maximum atomic E-state index is 12.5. The van der Waals surface area contributed by atoms with Gasteiger partial charge in [-0.3, -0.25) is 14.6 Å². The van der Waals surface area contributed by atoms with Crippen molar-refractivity contribution in [2.45, 2.75) is 44.9 Å². The molecule has 1 aromatic rings. The van der Waals surface area contributed by atoms with E-state index in [2.05, 4.69) is 10.3 Å². The zero-order valence-electron chi connectivity index (χ0n) is 14.5. The monoisotopic (exact) mass is 349 g/mol. The number of methoxy groups -OCH3 is 1. The van der Waals surface area contributed by atoms with Gasteiger partial charge in [0, 0.05) is 19.7 Å². The SMILES string of the molecule is CO[C@H](C(=O)N[C@@H](CCC(=O)C=N)C(=O)OC(C)C)c1ccccn1. The predicted octanol–water partition coefficient (Wildman–Crippen LogP) is 1.20. The lowest BCUT2D eigenvalue weighted by Crippen LogP contribution is -2.45. The van der Waals surface area contributed by atoms with Gasteiger partial charge in [0.1, 0.15) is 6.04 Å². The molecule has 0 unspecified atom stereocenters. The van der Waals surface area contributed by atoms with Crippen molar-refractivity contribution in [2.75, 3.05) is 7.11 Å². The molecule has 8 heteroatoms. The van der Waals surface area contributed by atoms with E-state index in [-0.39, 0.29) is 18.9 Å². The van der Waals surface area contributed by atoms with Crippen LogP contribution in [0.25, 0.3) is 0 Å². The molecule has 136 valence electrons. The third-order valence-corrected chi connectivity index (χ3v) is 3.22. The van der Waals surface area contributed by atoms with Crippen LogP contribution in [-0.4, -0.2) is 48.1 Å². The summed E-state index contributed by atoms with van der Waals surface area (Å²) >= 11 is 0. The summed E-state index contributed by atoms with van der Waals surface area (Å²) in [5.41, 5.74) is 0.397. The second kappa shape index (κ2) is 10.3. The van der Waals surface area contributed by atoms with Gasteiger partial charge < -0.3 is 20.2 Å². The van der Waals surface area contributed by atoms with Gasteiger partial charge in [-0.05, 0) is 32.4 Å². The molecule has 0 aliphatic heterocycles. The van der Waals surface area contributed by atoms with Gasteiger partial charge in [-0.15, -0.1) is 0 Å². The maximum Gasteiger partial charge on any atom is 0.328 e. The molecule has 1 aromatic heterocycles. The Morgan fingerprint density at radius 1 is 1.32 bits per heavy atom. The highest BCUT2D eigenvalue weighted by Gasteiger charge is 2.28. The van der Waals surface area contributed by atoms with E-state index < -0.39 is 29.8 Å². The lowest BCUT2D eigenvalue weighted by molar-refractivity contribution is -0.152. The molecule has 0 fully saturated rings. The number of pyridine rings is 1. The number of Topliss-reactive ketones (excluding diaryl/α,β-unsaturated/α-hetero) is 1. The fourth-order valence-electron chi connectivity index (χ4n) is 2.06. The zero-order chi connectivity index (χ0) is 18.8. The Bertz CT molecular complexity index is 604. The highest BCUT2D eigenvalue weighted by Crippen LogP contribution is 2.15. The Kier molecular flexibility index (Phi) is 8.42. The smallest absolute Gasteiger partial charge is 0.328 e. The number of nitrogens with zero attached hydrogens (tertiary/aromatic N) is 1. The largest absolute Gasteiger partial charge is 0.461 e. The van der Waals surface area contributed by atoms with Gasteiger partial charge in [0.25, 0.3) is 5.91 Å². The molecule has 1 amide bonds. The summed E-state index contributed by atoms with van der Waals surface area (Å²) in [6.45, 7) is 3.37. The molecule has 0 aromatic carbocycles. The standard InChI is InChI=1S/C17H23N3O5/c1-11(2)25-17(23)14(8-7-12(21)10-18)20-16(22)15(24-3)13-6-4-5-9-19-13/h4-6,9-11,14-15,18H,7-8H2,1-3H3,(H,20,22)/t14-,15-/m0/s1. The van der Waals surface area contributed by atoms with Crippen LogP contribution < -0.4 is 5.32 Å². The fourth-order valence-corrected chi connectivity index (χ4v) is 2.06. The number of amides is 1. The molecule has 0 aliphatic rings. The molecule has 1 rings (SSSR count). The van der Waals surface area contributed by atoms with E-state index in [0.29, 0.717) is 11.9 Å². The Labute approximate surface area is 146 Å². The second-order valence-corrected chi connectivity index (χ2v) is 5.57. The highest BCUT2D eigenvalue weighted by atomic mass is 16.5. The van der Waals surface area contributed by atoms with Gasteiger partial charge in [0.15, 0.2) is 11.9 Å². The lowest BCUT2D eigenvalue weighted by Gasteiger charge is -2.21. The van der Waals surface area contributed by atoms with Gasteiger partial charge in [-0.25, -0.2) is 4.79 Å². The minimum Gasteiger partial charge on any atom is -0.461 e. The number of carbonyl (C=O) groups excluding carboxylic acids is 3. The number of aromatic nitrogens is 1. The van der Waals surface area contributed by atoms with Crippen LogP contribution in [0.3, 0.4) is 0 Å². The highest BCUT2D eigenvalue weighted by molar-refractivity contribution is 6.26. The number of nitrogens with one attached hydrogen (secondary N) is 2. The van der Waals surface area contributed by atoms with E-state index in [1.807, 2.05) is 0 Å². The van der Waals surface area contributed by atoms with Crippen LogP contribution in [0.4, 0.5) is 0 Å². The van der Waals surface area contributed by atoms with Crippen molar-refractivity contribution >= 4 is 23.9 Å². The number of hydrogen-bond acceptors (Lipinski definition) is 7. The van der Waals surface area contributed by atoms with Gasteiger partial charge >= 0.3 is 5.97 Å². The van der Waals surface area contributed by atoms with Gasteiger partial charge in [0.05, 0.1) is 18.0 Å². The number of carbonyl (C=O) groups is 3. The first-order chi connectivity index (χ1) is 11.9. The van der Waals surface area contributed by atoms with Crippen molar-refractivity contribution < 1.29 is 23.9 Å². The van der Waals surface area contributed by atoms with Crippen LogP contribution in [0.5, 0.6) is 0 Å². The number of esters is 1. The van der Waals surface area contributed by atoms with Gasteiger partial charge in [-0.2, -0.15) is 0 Å². The second-order valence-electron chi connectivity index (χ2n) is 5.57. The fraction of sp³-hybridized carbons (Fsp3) is 0.471. The summed E-state index contributed by atoms with van der Waals surface area (Å²) in [5.74, 6) is -1.64. The summed E-state index contributed by atoms with van der Waals surface area (Å²) in [4.78, 5) is 40.0. The Morgan fingerprint density at radius 2 is 2.04 bits per heavy atom. The van der Waals surface area contributed by atoms with Crippen molar-refractivity contribution in [2.24, 2.45) is 0 Å². The van der Waals surface area contributed by atoms with Crippen LogP contribution in [0.2, 0.25) is 0 Å². The van der Waals surface area contributed by atoms with E-state index in [9.17, 15) is 14.4 Å². The van der Waals surface area contributed by atoms with E-state index >= 15 is 0 Å².